The van der Waals surface area contributed by atoms with E-state index in [0.717, 1.165) is 22.2 Å². The van der Waals surface area contributed by atoms with E-state index in [4.69, 9.17) is 0 Å². The van der Waals surface area contributed by atoms with Crippen LogP contribution in [0.4, 0.5) is 10.5 Å². The van der Waals surface area contributed by atoms with Crippen LogP contribution in [-0.2, 0) is 16.0 Å². The molecule has 0 spiro atoms. The van der Waals surface area contributed by atoms with Crippen molar-refractivity contribution in [3.8, 4) is 0 Å². The van der Waals surface area contributed by atoms with Gasteiger partial charge in [-0.05, 0) is 23.4 Å². The number of nitrogens with zero attached hydrogens (tertiary/aromatic N) is 2. The van der Waals surface area contributed by atoms with Crippen molar-refractivity contribution >= 4 is 40.6 Å². The van der Waals surface area contributed by atoms with Gasteiger partial charge in [0, 0.05) is 24.7 Å². The van der Waals surface area contributed by atoms with Gasteiger partial charge >= 0.3 is 0 Å². The molecule has 0 saturated carbocycles. The van der Waals surface area contributed by atoms with Crippen LogP contribution in [0.3, 0.4) is 0 Å². The molecule has 2 aromatic carbocycles. The summed E-state index contributed by atoms with van der Waals surface area (Å²) in [6, 6.07) is 15.2. The molecule has 29 heavy (non-hydrogen) atoms. The average molecular weight is 411 g/mol. The normalized spacial score (nSPS) is 15.0. The smallest absolute Gasteiger partial charge is 0.293 e. The molecule has 0 bridgehead atoms. The van der Waals surface area contributed by atoms with Crippen molar-refractivity contribution in [3.05, 3.63) is 80.7 Å². The molecule has 1 heterocycles. The summed E-state index contributed by atoms with van der Waals surface area (Å²) < 4.78 is 0. The second-order valence-corrected chi connectivity index (χ2v) is 7.15. The zero-order valence-electron chi connectivity index (χ0n) is 15.2. The number of benzene rings is 2. The monoisotopic (exact) mass is 411 g/mol. The van der Waals surface area contributed by atoms with Gasteiger partial charge in [0.05, 0.1) is 16.2 Å². The SMILES string of the molecule is O=C(Cc1ccccc1[N+](=O)[O-])NCCN1C(=O)S/C(=C\c2ccccc2)C1=O. The summed E-state index contributed by atoms with van der Waals surface area (Å²) in [6.07, 6.45) is 1.49. The largest absolute Gasteiger partial charge is 0.354 e. The van der Waals surface area contributed by atoms with Gasteiger partial charge in [0.1, 0.15) is 0 Å². The average Bonchev–Trinajstić information content (AvgIpc) is 2.96. The number of hydrogen-bond acceptors (Lipinski definition) is 6. The maximum atomic E-state index is 12.4. The number of thioether (sulfide) groups is 1. The maximum Gasteiger partial charge on any atom is 0.293 e. The first-order valence-corrected chi connectivity index (χ1v) is 9.57. The van der Waals surface area contributed by atoms with Crippen molar-refractivity contribution in [1.82, 2.24) is 10.2 Å². The molecule has 1 aliphatic heterocycles. The predicted molar refractivity (Wildman–Crippen MR) is 109 cm³/mol. The molecule has 1 saturated heterocycles. The minimum absolute atomic E-state index is 0.0272. The highest BCUT2D eigenvalue weighted by atomic mass is 32.2. The van der Waals surface area contributed by atoms with E-state index in [9.17, 15) is 24.5 Å². The number of rotatable bonds is 7. The van der Waals surface area contributed by atoms with Crippen molar-refractivity contribution in [2.45, 2.75) is 6.42 Å². The molecule has 0 aliphatic carbocycles. The molecule has 0 aromatic heterocycles. The van der Waals surface area contributed by atoms with Crippen molar-refractivity contribution in [3.63, 3.8) is 0 Å². The number of carbonyl (C=O) groups is 3. The van der Waals surface area contributed by atoms with E-state index in [1.54, 1.807) is 12.1 Å². The topological polar surface area (TPSA) is 110 Å². The van der Waals surface area contributed by atoms with Gasteiger partial charge in [-0.3, -0.25) is 29.4 Å². The Balaban J connectivity index is 1.55. The summed E-state index contributed by atoms with van der Waals surface area (Å²) in [5.41, 5.74) is 0.988. The Morgan fingerprint density at radius 1 is 1.10 bits per heavy atom. The van der Waals surface area contributed by atoms with Gasteiger partial charge in [0.2, 0.25) is 5.91 Å². The Morgan fingerprint density at radius 3 is 2.52 bits per heavy atom. The minimum atomic E-state index is -0.540. The van der Waals surface area contributed by atoms with Crippen molar-refractivity contribution in [2.75, 3.05) is 13.1 Å². The van der Waals surface area contributed by atoms with Crippen LogP contribution in [-0.4, -0.2) is 40.0 Å². The zero-order valence-corrected chi connectivity index (χ0v) is 16.1. The molecule has 1 fully saturated rings. The fraction of sp³-hybridized carbons (Fsp3) is 0.150. The summed E-state index contributed by atoms with van der Waals surface area (Å²) in [6.45, 7) is 0.0928. The summed E-state index contributed by atoms with van der Waals surface area (Å²) in [5.74, 6) is -0.831. The van der Waals surface area contributed by atoms with Gasteiger partial charge in [-0.1, -0.05) is 48.5 Å². The standard InChI is InChI=1S/C20H17N3O5S/c24-18(13-15-8-4-5-9-16(15)23(27)28)21-10-11-22-19(25)17(29-20(22)26)12-14-6-2-1-3-7-14/h1-9,12H,10-11,13H2,(H,21,24)/b17-12-. The van der Waals surface area contributed by atoms with E-state index >= 15 is 0 Å². The summed E-state index contributed by atoms with van der Waals surface area (Å²) in [7, 11) is 0. The molecular formula is C20H17N3O5S. The molecule has 9 heteroatoms. The van der Waals surface area contributed by atoms with Crippen LogP contribution in [0.2, 0.25) is 0 Å². The summed E-state index contributed by atoms with van der Waals surface area (Å²) in [4.78, 5) is 48.5. The quantitative estimate of drug-likeness (QED) is 0.426. The van der Waals surface area contributed by atoms with Crippen molar-refractivity contribution in [1.29, 1.82) is 0 Å². The third-order valence-electron chi connectivity index (χ3n) is 4.17. The number of nitro benzene ring substituents is 1. The second kappa shape index (κ2) is 9.16. The van der Waals surface area contributed by atoms with Crippen LogP contribution in [0.5, 0.6) is 0 Å². The van der Waals surface area contributed by atoms with Gasteiger partial charge in [0.15, 0.2) is 0 Å². The molecule has 1 N–H and O–H groups in total. The van der Waals surface area contributed by atoms with Crippen LogP contribution < -0.4 is 5.32 Å². The van der Waals surface area contributed by atoms with Crippen LogP contribution in [0.15, 0.2) is 59.5 Å². The summed E-state index contributed by atoms with van der Waals surface area (Å²) >= 11 is 0.854. The number of para-hydroxylation sites is 1. The molecule has 3 amide bonds. The molecular weight excluding hydrogens is 394 g/mol. The zero-order chi connectivity index (χ0) is 20.8. The number of imide groups is 1. The molecule has 148 valence electrons. The first kappa shape index (κ1) is 20.3. The third-order valence-corrected chi connectivity index (χ3v) is 5.08. The number of amides is 3. The fourth-order valence-corrected chi connectivity index (χ4v) is 3.64. The molecule has 0 unspecified atom stereocenters. The van der Waals surface area contributed by atoms with Crippen LogP contribution in [0.1, 0.15) is 11.1 Å². The van der Waals surface area contributed by atoms with Crippen LogP contribution in [0.25, 0.3) is 6.08 Å². The maximum absolute atomic E-state index is 12.4. The third kappa shape index (κ3) is 5.08. The predicted octanol–water partition coefficient (Wildman–Crippen LogP) is 2.99. The van der Waals surface area contributed by atoms with E-state index in [-0.39, 0.29) is 25.2 Å². The molecule has 3 rings (SSSR count). The van der Waals surface area contributed by atoms with E-state index in [1.165, 1.54) is 18.2 Å². The molecule has 1 aliphatic rings. The van der Waals surface area contributed by atoms with Gasteiger partial charge < -0.3 is 5.32 Å². The molecule has 2 aromatic rings. The Kier molecular flexibility index (Phi) is 6.40. The van der Waals surface area contributed by atoms with Gasteiger partial charge in [0.25, 0.3) is 16.8 Å². The van der Waals surface area contributed by atoms with E-state index in [0.29, 0.717) is 10.5 Å². The Bertz CT molecular complexity index is 991. The molecule has 0 radical (unpaired) electrons. The number of carbonyl (C=O) groups excluding carboxylic acids is 3. The second-order valence-electron chi connectivity index (χ2n) is 6.16. The van der Waals surface area contributed by atoms with E-state index < -0.39 is 22.0 Å². The first-order valence-electron chi connectivity index (χ1n) is 8.75. The Morgan fingerprint density at radius 2 is 1.79 bits per heavy atom. The number of nitrogens with one attached hydrogen (secondary N) is 1. The fourth-order valence-electron chi connectivity index (χ4n) is 2.77. The Hall–Kier alpha value is -3.46. The number of hydrogen-bond donors (Lipinski definition) is 1. The first-order chi connectivity index (χ1) is 14.0. The van der Waals surface area contributed by atoms with E-state index in [1.807, 2.05) is 30.3 Å². The Labute approximate surface area is 170 Å². The minimum Gasteiger partial charge on any atom is -0.354 e. The van der Waals surface area contributed by atoms with Crippen molar-refractivity contribution in [2.24, 2.45) is 0 Å². The van der Waals surface area contributed by atoms with Crippen LogP contribution >= 0.6 is 11.8 Å². The lowest BCUT2D eigenvalue weighted by Gasteiger charge is -2.13. The molecule has 8 nitrogen and oxygen atoms in total. The highest BCUT2D eigenvalue weighted by molar-refractivity contribution is 8.18. The summed E-state index contributed by atoms with van der Waals surface area (Å²) in [5, 5.41) is 13.2. The van der Waals surface area contributed by atoms with Crippen LogP contribution in [0, 0.1) is 10.1 Å². The van der Waals surface area contributed by atoms with Gasteiger partial charge in [-0.15, -0.1) is 0 Å². The number of nitro groups is 1. The molecule has 0 atom stereocenters. The lowest BCUT2D eigenvalue weighted by molar-refractivity contribution is -0.385. The highest BCUT2D eigenvalue weighted by Crippen LogP contribution is 2.31. The van der Waals surface area contributed by atoms with Crippen molar-refractivity contribution < 1.29 is 19.3 Å². The van der Waals surface area contributed by atoms with E-state index in [2.05, 4.69) is 5.32 Å². The highest BCUT2D eigenvalue weighted by Gasteiger charge is 2.34. The van der Waals surface area contributed by atoms with Gasteiger partial charge in [-0.25, -0.2) is 0 Å². The lowest BCUT2D eigenvalue weighted by atomic mass is 10.1. The van der Waals surface area contributed by atoms with Gasteiger partial charge in [-0.2, -0.15) is 0 Å². The lowest BCUT2D eigenvalue weighted by Crippen LogP contribution is -2.37.